The first-order valence-electron chi connectivity index (χ1n) is 4.78. The van der Waals surface area contributed by atoms with E-state index in [-0.39, 0.29) is 18.0 Å². The largest absolute Gasteiger partial charge is 0.447 e. The van der Waals surface area contributed by atoms with E-state index < -0.39 is 16.1 Å². The van der Waals surface area contributed by atoms with Crippen molar-refractivity contribution in [3.8, 4) is 0 Å². The maximum Gasteiger partial charge on any atom is 0.424 e. The molecule has 1 aliphatic rings. The number of benzene rings is 1. The molecule has 0 aromatic heterocycles. The van der Waals surface area contributed by atoms with Gasteiger partial charge in [-0.2, -0.15) is 4.31 Å². The fourth-order valence-electron chi connectivity index (χ4n) is 1.43. The standard InChI is InChI=1S/C10H11NO4S/c1-8-2-4-9(5-3-8)16(13,14)11-6-7-15-10(11)12/h2-5H,6-7H2,1H3. The van der Waals surface area contributed by atoms with Crippen LogP contribution in [-0.4, -0.2) is 32.0 Å². The molecule has 0 aliphatic carbocycles. The Balaban J connectivity index is 2.39. The van der Waals surface area contributed by atoms with Crippen LogP contribution in [0.2, 0.25) is 0 Å². The van der Waals surface area contributed by atoms with E-state index >= 15 is 0 Å². The second kappa shape index (κ2) is 3.79. The number of aryl methyl sites for hydroxylation is 1. The summed E-state index contributed by atoms with van der Waals surface area (Å²) < 4.78 is 29.3. The third kappa shape index (κ3) is 1.76. The topological polar surface area (TPSA) is 63.7 Å². The Bertz CT molecular complexity index is 506. The van der Waals surface area contributed by atoms with E-state index in [4.69, 9.17) is 0 Å². The number of carbonyl (C=O) groups is 1. The number of sulfonamides is 1. The molecule has 0 saturated carbocycles. The summed E-state index contributed by atoms with van der Waals surface area (Å²) in [6.07, 6.45) is -0.805. The van der Waals surface area contributed by atoms with E-state index in [0.29, 0.717) is 0 Å². The number of cyclic esters (lactones) is 1. The number of hydrogen-bond acceptors (Lipinski definition) is 4. The molecule has 0 atom stereocenters. The molecule has 1 aliphatic heterocycles. The van der Waals surface area contributed by atoms with Gasteiger partial charge in [0.05, 0.1) is 11.4 Å². The molecule has 0 spiro atoms. The average molecular weight is 241 g/mol. The van der Waals surface area contributed by atoms with Crippen molar-refractivity contribution in [2.24, 2.45) is 0 Å². The number of amides is 1. The maximum absolute atomic E-state index is 12.0. The van der Waals surface area contributed by atoms with Gasteiger partial charge in [0.15, 0.2) is 0 Å². The Hall–Kier alpha value is -1.56. The van der Waals surface area contributed by atoms with Crippen LogP contribution in [0.3, 0.4) is 0 Å². The predicted molar refractivity (Wildman–Crippen MR) is 56.4 cm³/mol. The first kappa shape index (κ1) is 10.9. The van der Waals surface area contributed by atoms with E-state index in [1.165, 1.54) is 12.1 Å². The summed E-state index contributed by atoms with van der Waals surface area (Å²) in [6, 6.07) is 6.34. The van der Waals surface area contributed by atoms with Gasteiger partial charge in [0.1, 0.15) is 6.61 Å². The minimum Gasteiger partial charge on any atom is -0.447 e. The zero-order valence-electron chi connectivity index (χ0n) is 8.71. The van der Waals surface area contributed by atoms with Crippen molar-refractivity contribution in [3.05, 3.63) is 29.8 Å². The van der Waals surface area contributed by atoms with Gasteiger partial charge in [-0.25, -0.2) is 13.2 Å². The molecule has 0 N–H and O–H groups in total. The van der Waals surface area contributed by atoms with Crippen LogP contribution in [-0.2, 0) is 14.8 Å². The Morgan fingerprint density at radius 1 is 1.25 bits per heavy atom. The summed E-state index contributed by atoms with van der Waals surface area (Å²) in [5, 5.41) is 0. The van der Waals surface area contributed by atoms with Crippen LogP contribution in [0.4, 0.5) is 4.79 Å². The van der Waals surface area contributed by atoms with E-state index in [1.54, 1.807) is 12.1 Å². The molecule has 1 amide bonds. The highest BCUT2D eigenvalue weighted by molar-refractivity contribution is 7.89. The van der Waals surface area contributed by atoms with Crippen molar-refractivity contribution in [2.75, 3.05) is 13.2 Å². The van der Waals surface area contributed by atoms with Gasteiger partial charge in [-0.05, 0) is 19.1 Å². The highest BCUT2D eigenvalue weighted by Gasteiger charge is 2.34. The van der Waals surface area contributed by atoms with Crippen LogP contribution in [0.5, 0.6) is 0 Å². The van der Waals surface area contributed by atoms with Gasteiger partial charge in [0, 0.05) is 0 Å². The molecule has 1 aromatic rings. The summed E-state index contributed by atoms with van der Waals surface area (Å²) in [5.74, 6) is 0. The summed E-state index contributed by atoms with van der Waals surface area (Å²) >= 11 is 0. The van der Waals surface area contributed by atoms with Gasteiger partial charge in [0.2, 0.25) is 0 Å². The first-order chi connectivity index (χ1) is 7.51. The predicted octanol–water partition coefficient (Wildman–Crippen LogP) is 1.14. The van der Waals surface area contributed by atoms with E-state index in [1.807, 2.05) is 6.92 Å². The molecule has 0 unspecified atom stereocenters. The minimum absolute atomic E-state index is 0.0784. The van der Waals surface area contributed by atoms with Crippen molar-refractivity contribution >= 4 is 16.1 Å². The third-order valence-electron chi connectivity index (χ3n) is 2.33. The second-order valence-corrected chi connectivity index (χ2v) is 5.37. The van der Waals surface area contributed by atoms with Crippen LogP contribution in [0, 0.1) is 6.92 Å². The SMILES string of the molecule is Cc1ccc(S(=O)(=O)N2CCOC2=O)cc1. The van der Waals surface area contributed by atoms with Crippen molar-refractivity contribution in [1.29, 1.82) is 0 Å². The highest BCUT2D eigenvalue weighted by Crippen LogP contribution is 2.19. The van der Waals surface area contributed by atoms with Crippen LogP contribution >= 0.6 is 0 Å². The van der Waals surface area contributed by atoms with Crippen molar-refractivity contribution in [1.82, 2.24) is 4.31 Å². The lowest BCUT2D eigenvalue weighted by Crippen LogP contribution is -2.31. The number of hydrogen-bond donors (Lipinski definition) is 0. The van der Waals surface area contributed by atoms with Crippen molar-refractivity contribution < 1.29 is 17.9 Å². The number of nitrogens with zero attached hydrogens (tertiary/aromatic N) is 1. The fraction of sp³-hybridized carbons (Fsp3) is 0.300. The summed E-state index contributed by atoms with van der Waals surface area (Å²) in [7, 11) is -3.75. The third-order valence-corrected chi connectivity index (χ3v) is 4.11. The second-order valence-electron chi connectivity index (χ2n) is 3.50. The zero-order chi connectivity index (χ0) is 11.8. The fourth-order valence-corrected chi connectivity index (χ4v) is 2.73. The summed E-state index contributed by atoms with van der Waals surface area (Å²) in [6.45, 7) is 2.06. The van der Waals surface area contributed by atoms with Gasteiger partial charge in [-0.3, -0.25) is 0 Å². The lowest BCUT2D eigenvalue weighted by atomic mass is 10.2. The summed E-state index contributed by atoms with van der Waals surface area (Å²) in [4.78, 5) is 11.3. The van der Waals surface area contributed by atoms with Gasteiger partial charge in [-0.15, -0.1) is 0 Å². The Labute approximate surface area is 93.7 Å². The number of rotatable bonds is 2. The molecule has 86 valence electrons. The molecule has 1 saturated heterocycles. The molecular weight excluding hydrogens is 230 g/mol. The van der Waals surface area contributed by atoms with Gasteiger partial charge >= 0.3 is 6.09 Å². The number of carbonyl (C=O) groups excluding carboxylic acids is 1. The molecule has 1 heterocycles. The minimum atomic E-state index is -3.75. The van der Waals surface area contributed by atoms with Crippen LogP contribution in [0.1, 0.15) is 5.56 Å². The van der Waals surface area contributed by atoms with Gasteiger partial charge < -0.3 is 4.74 Å². The van der Waals surface area contributed by atoms with Crippen LogP contribution in [0.15, 0.2) is 29.2 Å². The van der Waals surface area contributed by atoms with Crippen LogP contribution in [0.25, 0.3) is 0 Å². The molecule has 16 heavy (non-hydrogen) atoms. The number of ether oxygens (including phenoxy) is 1. The monoisotopic (exact) mass is 241 g/mol. The molecule has 5 nitrogen and oxygen atoms in total. The Morgan fingerprint density at radius 2 is 1.88 bits per heavy atom. The zero-order valence-corrected chi connectivity index (χ0v) is 9.53. The Morgan fingerprint density at radius 3 is 2.38 bits per heavy atom. The van der Waals surface area contributed by atoms with Gasteiger partial charge in [0.25, 0.3) is 10.0 Å². The Kier molecular flexibility index (Phi) is 2.59. The maximum atomic E-state index is 12.0. The van der Waals surface area contributed by atoms with Gasteiger partial charge in [-0.1, -0.05) is 17.7 Å². The van der Waals surface area contributed by atoms with E-state index in [0.717, 1.165) is 9.87 Å². The average Bonchev–Trinajstić information content (AvgIpc) is 2.66. The molecular formula is C10H11NO4S. The molecule has 1 aromatic carbocycles. The highest BCUT2D eigenvalue weighted by atomic mass is 32.2. The molecule has 6 heteroatoms. The lowest BCUT2D eigenvalue weighted by Gasteiger charge is -2.13. The molecule has 0 bridgehead atoms. The normalized spacial score (nSPS) is 16.3. The van der Waals surface area contributed by atoms with E-state index in [2.05, 4.69) is 4.74 Å². The molecule has 1 fully saturated rings. The van der Waals surface area contributed by atoms with Crippen molar-refractivity contribution in [3.63, 3.8) is 0 Å². The lowest BCUT2D eigenvalue weighted by molar-refractivity contribution is 0.170. The van der Waals surface area contributed by atoms with E-state index in [9.17, 15) is 13.2 Å². The molecule has 0 radical (unpaired) electrons. The summed E-state index contributed by atoms with van der Waals surface area (Å²) in [5.41, 5.74) is 0.961. The molecule has 2 rings (SSSR count). The van der Waals surface area contributed by atoms with Crippen LogP contribution < -0.4 is 0 Å². The first-order valence-corrected chi connectivity index (χ1v) is 6.22. The smallest absolute Gasteiger partial charge is 0.424 e. The van der Waals surface area contributed by atoms with Crippen molar-refractivity contribution in [2.45, 2.75) is 11.8 Å². The quantitative estimate of drug-likeness (QED) is 0.778.